The number of benzene rings is 2. The third kappa shape index (κ3) is 8.10. The Morgan fingerprint density at radius 3 is 2.31 bits per heavy atom. The van der Waals surface area contributed by atoms with Crippen LogP contribution in [0.3, 0.4) is 0 Å². The zero-order chi connectivity index (χ0) is 36.3. The number of alkyl halides is 7. The highest BCUT2D eigenvalue weighted by atomic mass is 35.5. The van der Waals surface area contributed by atoms with Crippen LogP contribution in [0.1, 0.15) is 54.6 Å². The first-order valence-corrected chi connectivity index (χ1v) is 14.3. The fourth-order valence-electron chi connectivity index (χ4n) is 4.37. The van der Waals surface area contributed by atoms with Crippen LogP contribution in [0.15, 0.2) is 66.2 Å². The van der Waals surface area contributed by atoms with Crippen molar-refractivity contribution in [2.45, 2.75) is 44.6 Å². The zero-order valence-corrected chi connectivity index (χ0v) is 26.4. The van der Waals surface area contributed by atoms with E-state index in [0.29, 0.717) is 29.7 Å². The number of carbonyl (C=O) groups is 2. The lowest BCUT2D eigenvalue weighted by Crippen LogP contribution is -2.54. The number of rotatable bonds is 10. The van der Waals surface area contributed by atoms with Crippen LogP contribution in [0.25, 0.3) is 16.8 Å². The molecule has 0 fully saturated rings. The SMILES string of the molecule is CN=C(N)N(C(=O)c1ccc(-c2cnn(C(F)F)c2)cc1)[C@H](COC(=O)NC(C)(C)C(F)(F)F)c1ccc(Cl)c(-n2ncnc2C(F)F)c1. The number of aliphatic imine (C=N–C) groups is 1. The monoisotopic (exact) mass is 717 g/mol. The van der Waals surface area contributed by atoms with E-state index in [1.807, 2.05) is 0 Å². The van der Waals surface area contributed by atoms with E-state index in [9.17, 15) is 40.3 Å². The van der Waals surface area contributed by atoms with Crippen LogP contribution < -0.4 is 11.1 Å². The van der Waals surface area contributed by atoms with Gasteiger partial charge in [0, 0.05) is 24.4 Å². The molecule has 262 valence electrons. The van der Waals surface area contributed by atoms with Gasteiger partial charge in [-0.15, -0.1) is 0 Å². The summed E-state index contributed by atoms with van der Waals surface area (Å²) in [5.74, 6) is -2.07. The van der Waals surface area contributed by atoms with Crippen molar-refractivity contribution >= 4 is 29.6 Å². The van der Waals surface area contributed by atoms with Crippen molar-refractivity contribution < 1.29 is 45.1 Å². The van der Waals surface area contributed by atoms with E-state index in [1.54, 1.807) is 5.32 Å². The van der Waals surface area contributed by atoms with Crippen molar-refractivity contribution in [3.63, 3.8) is 0 Å². The number of hydrogen-bond donors (Lipinski definition) is 2. The van der Waals surface area contributed by atoms with Gasteiger partial charge in [0.25, 0.3) is 12.3 Å². The van der Waals surface area contributed by atoms with E-state index in [0.717, 1.165) is 22.1 Å². The molecule has 0 saturated heterocycles. The van der Waals surface area contributed by atoms with Crippen LogP contribution in [0.2, 0.25) is 5.02 Å². The Morgan fingerprint density at radius 2 is 1.73 bits per heavy atom. The number of amides is 2. The van der Waals surface area contributed by atoms with Crippen LogP contribution in [-0.2, 0) is 4.74 Å². The fourth-order valence-corrected chi connectivity index (χ4v) is 4.57. The van der Waals surface area contributed by atoms with Crippen LogP contribution in [-0.4, -0.2) is 72.8 Å². The molecule has 0 unspecified atom stereocenters. The van der Waals surface area contributed by atoms with Crippen molar-refractivity contribution in [1.82, 2.24) is 34.8 Å². The van der Waals surface area contributed by atoms with Gasteiger partial charge in [0.2, 0.25) is 0 Å². The summed E-state index contributed by atoms with van der Waals surface area (Å²) in [5.41, 5.74) is 4.06. The van der Waals surface area contributed by atoms with Crippen LogP contribution in [0.4, 0.5) is 35.5 Å². The molecule has 2 aromatic heterocycles. The Hall–Kier alpha value is -5.20. The van der Waals surface area contributed by atoms with Crippen molar-refractivity contribution in [2.24, 2.45) is 10.7 Å². The molecule has 49 heavy (non-hydrogen) atoms. The predicted octanol–water partition coefficient (Wildman–Crippen LogP) is 6.31. The van der Waals surface area contributed by atoms with E-state index in [4.69, 9.17) is 22.1 Å². The highest BCUT2D eigenvalue weighted by Gasteiger charge is 2.49. The summed E-state index contributed by atoms with van der Waals surface area (Å²) in [7, 11) is 1.23. The molecule has 0 bridgehead atoms. The predicted molar refractivity (Wildman–Crippen MR) is 161 cm³/mol. The van der Waals surface area contributed by atoms with Crippen molar-refractivity contribution in [3.05, 3.63) is 83.2 Å². The van der Waals surface area contributed by atoms with Gasteiger partial charge in [0.15, 0.2) is 11.8 Å². The third-order valence-electron chi connectivity index (χ3n) is 7.12. The molecule has 3 N–H and O–H groups in total. The molecular formula is C29H27ClF7N9O3. The van der Waals surface area contributed by atoms with Crippen molar-refractivity contribution in [1.29, 1.82) is 0 Å². The Kier molecular flexibility index (Phi) is 10.8. The molecule has 0 aliphatic carbocycles. The minimum absolute atomic E-state index is 0.0327. The number of ether oxygens (including phenoxy) is 1. The molecular weight excluding hydrogens is 691 g/mol. The van der Waals surface area contributed by atoms with Gasteiger partial charge in [-0.25, -0.2) is 27.9 Å². The zero-order valence-electron chi connectivity index (χ0n) is 25.7. The normalized spacial score (nSPS) is 13.1. The highest BCUT2D eigenvalue weighted by molar-refractivity contribution is 6.32. The molecule has 2 heterocycles. The van der Waals surface area contributed by atoms with E-state index < -0.39 is 61.1 Å². The van der Waals surface area contributed by atoms with Gasteiger partial charge in [0.05, 0.1) is 22.9 Å². The van der Waals surface area contributed by atoms with Gasteiger partial charge < -0.3 is 15.8 Å². The van der Waals surface area contributed by atoms with Gasteiger partial charge >= 0.3 is 18.8 Å². The fraction of sp³-hybridized carbons (Fsp3) is 0.310. The first-order chi connectivity index (χ1) is 22.9. The first-order valence-electron chi connectivity index (χ1n) is 13.9. The summed E-state index contributed by atoms with van der Waals surface area (Å²) >= 11 is 6.31. The summed E-state index contributed by atoms with van der Waals surface area (Å²) in [5, 5.41) is 8.99. The van der Waals surface area contributed by atoms with Crippen molar-refractivity contribution in [3.8, 4) is 16.8 Å². The lowest BCUT2D eigenvalue weighted by atomic mass is 10.0. The molecule has 0 radical (unpaired) electrons. The Bertz CT molecular complexity index is 1830. The molecule has 2 amide bonds. The maximum atomic E-state index is 14.0. The number of halogens is 8. The number of nitrogens with two attached hydrogens (primary N) is 1. The summed E-state index contributed by atoms with van der Waals surface area (Å²) in [6, 6.07) is 7.92. The quantitative estimate of drug-likeness (QED) is 0.111. The average Bonchev–Trinajstić information content (AvgIpc) is 3.73. The molecule has 4 rings (SSSR count). The number of nitrogens with one attached hydrogen (secondary N) is 1. The molecule has 20 heteroatoms. The Morgan fingerprint density at radius 1 is 1.06 bits per heavy atom. The molecule has 2 aromatic carbocycles. The number of nitrogens with zero attached hydrogens (tertiary/aromatic N) is 7. The average molecular weight is 718 g/mol. The maximum Gasteiger partial charge on any atom is 0.411 e. The second kappa shape index (κ2) is 14.5. The van der Waals surface area contributed by atoms with Gasteiger partial charge in [-0.05, 0) is 49.2 Å². The lowest BCUT2D eigenvalue weighted by Gasteiger charge is -2.32. The molecule has 0 aliphatic rings. The Labute approximate surface area is 278 Å². The lowest BCUT2D eigenvalue weighted by molar-refractivity contribution is -0.183. The highest BCUT2D eigenvalue weighted by Crippen LogP contribution is 2.33. The van der Waals surface area contributed by atoms with E-state index in [1.165, 1.54) is 55.7 Å². The van der Waals surface area contributed by atoms with Gasteiger partial charge in [0.1, 0.15) is 18.5 Å². The molecule has 1 atom stereocenters. The summed E-state index contributed by atoms with van der Waals surface area (Å²) in [4.78, 5) is 34.9. The Balaban J connectivity index is 1.77. The van der Waals surface area contributed by atoms with E-state index in [2.05, 4.69) is 20.2 Å². The summed E-state index contributed by atoms with van der Waals surface area (Å²) in [6.45, 7) is -2.29. The number of aromatic nitrogens is 5. The minimum Gasteiger partial charge on any atom is -0.447 e. The van der Waals surface area contributed by atoms with Crippen molar-refractivity contribution in [2.75, 3.05) is 13.7 Å². The van der Waals surface area contributed by atoms with E-state index in [-0.39, 0.29) is 21.8 Å². The number of hydrogen-bond acceptors (Lipinski definition) is 7. The van der Waals surface area contributed by atoms with Crippen LogP contribution in [0.5, 0.6) is 0 Å². The molecule has 0 spiro atoms. The number of alkyl carbamates (subject to hydrolysis) is 1. The van der Waals surface area contributed by atoms with Gasteiger partial charge in [-0.1, -0.05) is 29.8 Å². The van der Waals surface area contributed by atoms with Crippen LogP contribution in [0, 0.1) is 0 Å². The van der Waals surface area contributed by atoms with Gasteiger partial charge in [-0.2, -0.15) is 32.1 Å². The minimum atomic E-state index is -4.86. The topological polar surface area (TPSA) is 146 Å². The second-order valence-electron chi connectivity index (χ2n) is 10.7. The van der Waals surface area contributed by atoms with Gasteiger partial charge in [-0.3, -0.25) is 14.7 Å². The largest absolute Gasteiger partial charge is 0.447 e. The third-order valence-corrected chi connectivity index (χ3v) is 7.44. The standard InChI is InChI=1S/C29H27ClF7N9O3/c1-28(2,29(35,36)37)43-27(48)49-13-21(17-8-9-19(30)20(10-17)46-23(22(31)32)40-14-42-46)45(26(38)39-3)24(47)16-6-4-15(5-7-16)18-11-41-44(12-18)25(33)34/h4-12,14,21-22,25H,13H2,1-3H3,(H2,38,39)(H,43,48)/t21-/m1/s1. The molecule has 0 saturated carbocycles. The second-order valence-corrected chi connectivity index (χ2v) is 11.1. The first kappa shape index (κ1) is 36.6. The number of carbonyl (C=O) groups excluding carboxylic acids is 2. The summed E-state index contributed by atoms with van der Waals surface area (Å²) < 4.78 is 100. The molecule has 4 aromatic rings. The number of guanidine groups is 1. The smallest absolute Gasteiger partial charge is 0.411 e. The van der Waals surface area contributed by atoms with E-state index >= 15 is 0 Å². The molecule has 0 aliphatic heterocycles. The maximum absolute atomic E-state index is 14.0. The van der Waals surface area contributed by atoms with Crippen LogP contribution >= 0.6 is 11.6 Å². The summed E-state index contributed by atoms with van der Waals surface area (Å²) in [6.07, 6.45) is -6.29. The molecule has 12 nitrogen and oxygen atoms in total.